The van der Waals surface area contributed by atoms with Crippen LogP contribution in [0, 0.1) is 6.92 Å². The van der Waals surface area contributed by atoms with Gasteiger partial charge in [0.2, 0.25) is 0 Å². The number of hydrogen-bond donors (Lipinski definition) is 1. The molecule has 0 saturated heterocycles. The van der Waals surface area contributed by atoms with E-state index in [1.54, 1.807) is 19.1 Å². The third-order valence-electron chi connectivity index (χ3n) is 3.18. The molecule has 0 aliphatic rings. The maximum Gasteiger partial charge on any atom is 0.416 e. The van der Waals surface area contributed by atoms with E-state index in [2.05, 4.69) is 5.32 Å². The van der Waals surface area contributed by atoms with Crippen LogP contribution in [0.3, 0.4) is 0 Å². The summed E-state index contributed by atoms with van der Waals surface area (Å²) in [5, 5.41) is 3.20. The fraction of sp³-hybridized carbons (Fsp3) is 0.375. The van der Waals surface area contributed by atoms with E-state index < -0.39 is 11.7 Å². The van der Waals surface area contributed by atoms with Crippen molar-refractivity contribution in [3.05, 3.63) is 47.2 Å². The normalized spacial score (nSPS) is 12.1. The van der Waals surface area contributed by atoms with Gasteiger partial charge in [0.25, 0.3) is 0 Å². The van der Waals surface area contributed by atoms with Crippen molar-refractivity contribution in [1.82, 2.24) is 5.32 Å². The smallest absolute Gasteiger partial charge is 0.416 e. The minimum Gasteiger partial charge on any atom is -0.460 e. The Bertz CT molecular complexity index is 614. The van der Waals surface area contributed by atoms with E-state index in [9.17, 15) is 13.2 Å². The molecule has 0 unspecified atom stereocenters. The molecule has 21 heavy (non-hydrogen) atoms. The Kier molecular flexibility index (Phi) is 4.42. The molecule has 0 fully saturated rings. The number of alkyl halides is 3. The molecule has 2 nitrogen and oxygen atoms in total. The molecule has 0 atom stereocenters. The highest BCUT2D eigenvalue weighted by Gasteiger charge is 2.31. The third-order valence-corrected chi connectivity index (χ3v) is 3.18. The van der Waals surface area contributed by atoms with Crippen molar-refractivity contribution in [1.29, 1.82) is 0 Å². The quantitative estimate of drug-likeness (QED) is 0.879. The molecule has 1 aromatic carbocycles. The molecule has 0 radical (unpaired) electrons. The van der Waals surface area contributed by atoms with Gasteiger partial charge in [-0.2, -0.15) is 13.2 Å². The van der Waals surface area contributed by atoms with Crippen LogP contribution >= 0.6 is 0 Å². The predicted molar refractivity (Wildman–Crippen MR) is 75.9 cm³/mol. The zero-order valence-corrected chi connectivity index (χ0v) is 12.2. The molecule has 0 saturated carbocycles. The van der Waals surface area contributed by atoms with E-state index in [-0.39, 0.29) is 0 Å². The van der Waals surface area contributed by atoms with E-state index in [0.717, 1.165) is 17.7 Å². The predicted octanol–water partition coefficient (Wildman–Crippen LogP) is 4.77. The molecule has 114 valence electrons. The van der Waals surface area contributed by atoms with Crippen molar-refractivity contribution in [3.8, 4) is 11.3 Å². The Hall–Kier alpha value is -1.75. The topological polar surface area (TPSA) is 25.2 Å². The van der Waals surface area contributed by atoms with Gasteiger partial charge in [-0.1, -0.05) is 19.9 Å². The highest BCUT2D eigenvalue weighted by atomic mass is 19.4. The van der Waals surface area contributed by atoms with E-state index in [1.807, 2.05) is 13.8 Å². The fourth-order valence-corrected chi connectivity index (χ4v) is 1.99. The molecule has 0 aliphatic carbocycles. The lowest BCUT2D eigenvalue weighted by molar-refractivity contribution is -0.137. The lowest BCUT2D eigenvalue weighted by Gasteiger charge is -2.10. The van der Waals surface area contributed by atoms with Crippen LogP contribution in [0.5, 0.6) is 0 Å². The molecule has 1 N–H and O–H groups in total. The first-order chi connectivity index (χ1) is 9.77. The monoisotopic (exact) mass is 297 g/mol. The van der Waals surface area contributed by atoms with Gasteiger partial charge in [-0.15, -0.1) is 0 Å². The van der Waals surface area contributed by atoms with Gasteiger partial charge >= 0.3 is 6.18 Å². The van der Waals surface area contributed by atoms with Gasteiger partial charge in [-0.05, 0) is 36.8 Å². The number of hydrogen-bond acceptors (Lipinski definition) is 2. The Balaban J connectivity index is 2.29. The van der Waals surface area contributed by atoms with E-state index in [1.165, 1.54) is 6.07 Å². The Morgan fingerprint density at radius 2 is 1.86 bits per heavy atom. The van der Waals surface area contributed by atoms with Crippen molar-refractivity contribution in [2.24, 2.45) is 0 Å². The first-order valence-corrected chi connectivity index (χ1v) is 6.77. The van der Waals surface area contributed by atoms with Crippen LogP contribution in [0.2, 0.25) is 0 Å². The molecule has 0 aliphatic heterocycles. The molecule has 1 heterocycles. The lowest BCUT2D eigenvalue weighted by atomic mass is 10.0. The summed E-state index contributed by atoms with van der Waals surface area (Å²) in [6.45, 7) is 6.35. The standard InChI is InChI=1S/C16H18F3NO/c1-10(2)20-9-13-6-7-15(21-13)14-8-12(16(17,18)19)5-4-11(14)3/h4-8,10,20H,9H2,1-3H3. The van der Waals surface area contributed by atoms with E-state index in [0.29, 0.717) is 29.7 Å². The number of nitrogens with one attached hydrogen (secondary N) is 1. The maximum atomic E-state index is 12.8. The number of aryl methyl sites for hydroxylation is 1. The molecule has 0 spiro atoms. The van der Waals surface area contributed by atoms with Crippen molar-refractivity contribution in [2.45, 2.75) is 39.5 Å². The molecule has 0 amide bonds. The van der Waals surface area contributed by atoms with Crippen LogP contribution in [-0.2, 0) is 12.7 Å². The maximum absolute atomic E-state index is 12.8. The van der Waals surface area contributed by atoms with Gasteiger partial charge in [0.15, 0.2) is 0 Å². The first-order valence-electron chi connectivity index (χ1n) is 6.77. The molecular weight excluding hydrogens is 279 g/mol. The van der Waals surface area contributed by atoms with Crippen LogP contribution in [0.15, 0.2) is 34.7 Å². The van der Waals surface area contributed by atoms with Crippen molar-refractivity contribution in [2.75, 3.05) is 0 Å². The SMILES string of the molecule is Cc1ccc(C(F)(F)F)cc1-c1ccc(CNC(C)C)o1. The van der Waals surface area contributed by atoms with Crippen LogP contribution < -0.4 is 5.32 Å². The average Bonchev–Trinajstić information content (AvgIpc) is 2.84. The van der Waals surface area contributed by atoms with Crippen LogP contribution in [0.25, 0.3) is 11.3 Å². The highest BCUT2D eigenvalue weighted by Crippen LogP contribution is 2.34. The van der Waals surface area contributed by atoms with Gasteiger partial charge in [0.1, 0.15) is 11.5 Å². The summed E-state index contributed by atoms with van der Waals surface area (Å²) in [7, 11) is 0. The van der Waals surface area contributed by atoms with Crippen LogP contribution in [0.4, 0.5) is 13.2 Å². The van der Waals surface area contributed by atoms with Crippen molar-refractivity contribution < 1.29 is 17.6 Å². The fourth-order valence-electron chi connectivity index (χ4n) is 1.99. The summed E-state index contributed by atoms with van der Waals surface area (Å²) in [5.74, 6) is 1.16. The first kappa shape index (κ1) is 15.6. The van der Waals surface area contributed by atoms with Crippen LogP contribution in [0.1, 0.15) is 30.7 Å². The second-order valence-corrected chi connectivity index (χ2v) is 5.33. The van der Waals surface area contributed by atoms with Gasteiger partial charge in [-0.3, -0.25) is 0 Å². The molecule has 2 aromatic rings. The molecular formula is C16H18F3NO. The van der Waals surface area contributed by atoms with E-state index in [4.69, 9.17) is 4.42 Å². The number of rotatable bonds is 4. The van der Waals surface area contributed by atoms with Crippen LogP contribution in [-0.4, -0.2) is 6.04 Å². The van der Waals surface area contributed by atoms with Gasteiger partial charge in [-0.25, -0.2) is 0 Å². The highest BCUT2D eigenvalue weighted by molar-refractivity contribution is 5.63. The summed E-state index contributed by atoms with van der Waals surface area (Å²) in [6.07, 6.45) is -4.35. The molecule has 1 aromatic heterocycles. The Morgan fingerprint density at radius 1 is 1.14 bits per heavy atom. The van der Waals surface area contributed by atoms with Gasteiger partial charge < -0.3 is 9.73 Å². The van der Waals surface area contributed by atoms with Crippen molar-refractivity contribution in [3.63, 3.8) is 0 Å². The second-order valence-electron chi connectivity index (χ2n) is 5.33. The number of furan rings is 1. The van der Waals surface area contributed by atoms with E-state index >= 15 is 0 Å². The summed E-state index contributed by atoms with van der Waals surface area (Å²) < 4.78 is 44.0. The zero-order valence-electron chi connectivity index (χ0n) is 12.2. The van der Waals surface area contributed by atoms with Crippen molar-refractivity contribution >= 4 is 0 Å². The van der Waals surface area contributed by atoms with Gasteiger partial charge in [0.05, 0.1) is 12.1 Å². The number of benzene rings is 1. The lowest BCUT2D eigenvalue weighted by Crippen LogP contribution is -2.21. The van der Waals surface area contributed by atoms with Gasteiger partial charge in [0, 0.05) is 11.6 Å². The average molecular weight is 297 g/mol. The number of halogens is 3. The summed E-state index contributed by atoms with van der Waals surface area (Å²) >= 11 is 0. The second kappa shape index (κ2) is 5.93. The largest absolute Gasteiger partial charge is 0.460 e. The minimum atomic E-state index is -4.35. The third kappa shape index (κ3) is 3.88. The molecule has 0 bridgehead atoms. The molecule has 5 heteroatoms. The Morgan fingerprint density at radius 3 is 2.48 bits per heavy atom. The zero-order chi connectivity index (χ0) is 15.6. The Labute approximate surface area is 122 Å². The summed E-state index contributed by atoms with van der Waals surface area (Å²) in [5.41, 5.74) is 0.558. The summed E-state index contributed by atoms with van der Waals surface area (Å²) in [4.78, 5) is 0. The minimum absolute atomic E-state index is 0.314. The molecule has 2 rings (SSSR count). The summed E-state index contributed by atoms with van der Waals surface area (Å²) in [6, 6.07) is 7.49.